The van der Waals surface area contributed by atoms with Gasteiger partial charge in [0.05, 0.1) is 0 Å². The van der Waals surface area contributed by atoms with E-state index in [2.05, 4.69) is 18.0 Å². The molecule has 2 nitrogen and oxygen atoms in total. The molecule has 0 atom stereocenters. The van der Waals surface area contributed by atoms with Crippen LogP contribution in [0.2, 0.25) is 0 Å². The molecule has 1 aromatic heterocycles. The third-order valence-electron chi connectivity index (χ3n) is 1.50. The lowest BCUT2D eigenvalue weighted by atomic mass is 10.2. The van der Waals surface area contributed by atoms with Gasteiger partial charge < -0.3 is 5.73 Å². The lowest BCUT2D eigenvalue weighted by Crippen LogP contribution is -2.01. The fourth-order valence-corrected chi connectivity index (χ4v) is 1.40. The quantitative estimate of drug-likeness (QED) is 0.748. The molecule has 1 heterocycles. The van der Waals surface area contributed by atoms with Gasteiger partial charge in [-0.05, 0) is 12.5 Å². The zero-order chi connectivity index (χ0) is 8.10. The van der Waals surface area contributed by atoms with Crippen molar-refractivity contribution in [3.05, 3.63) is 22.2 Å². The minimum Gasteiger partial charge on any atom is -0.327 e. The zero-order valence-corrected chi connectivity index (χ0v) is 7.40. The highest BCUT2D eigenvalue weighted by molar-refractivity contribution is 7.10. The highest BCUT2D eigenvalue weighted by atomic mass is 32.1. The van der Waals surface area contributed by atoms with Crippen LogP contribution >= 0.6 is 11.3 Å². The van der Waals surface area contributed by atoms with Crippen molar-refractivity contribution in [3.63, 3.8) is 0 Å². The maximum Gasteiger partial charge on any atom is 0.115 e. The Hall–Kier alpha value is -0.670. The molecule has 2 N–H and O–H groups in total. The molecule has 0 aromatic carbocycles. The number of nitrogens with two attached hydrogens (primary N) is 1. The number of aromatic nitrogens is 1. The van der Waals surface area contributed by atoms with Gasteiger partial charge in [-0.3, -0.25) is 0 Å². The van der Waals surface area contributed by atoms with Gasteiger partial charge in [0.15, 0.2) is 0 Å². The second kappa shape index (κ2) is 4.26. The van der Waals surface area contributed by atoms with Gasteiger partial charge in [0.1, 0.15) is 5.01 Å². The van der Waals surface area contributed by atoms with E-state index in [9.17, 15) is 0 Å². The Morgan fingerprint density at radius 3 is 3.09 bits per heavy atom. The summed E-state index contributed by atoms with van der Waals surface area (Å²) >= 11 is 1.64. The van der Waals surface area contributed by atoms with Crippen LogP contribution in [0.5, 0.6) is 0 Å². The van der Waals surface area contributed by atoms with E-state index in [4.69, 9.17) is 5.73 Å². The van der Waals surface area contributed by atoms with E-state index in [1.54, 1.807) is 17.5 Å². The van der Waals surface area contributed by atoms with Crippen LogP contribution in [-0.4, -0.2) is 11.5 Å². The molecule has 0 fully saturated rings. The molecule has 0 aliphatic carbocycles. The molecule has 1 rings (SSSR count). The summed E-state index contributed by atoms with van der Waals surface area (Å²) in [6.45, 7) is 2.74. The third kappa shape index (κ3) is 2.44. The van der Waals surface area contributed by atoms with Crippen molar-refractivity contribution in [1.82, 2.24) is 4.98 Å². The highest BCUT2D eigenvalue weighted by Crippen LogP contribution is 2.10. The van der Waals surface area contributed by atoms with Crippen LogP contribution in [-0.2, 0) is 0 Å². The molecule has 1 aromatic rings. The molecule has 0 unspecified atom stereocenters. The summed E-state index contributed by atoms with van der Waals surface area (Å²) in [5.41, 5.74) is 6.76. The lowest BCUT2D eigenvalue weighted by molar-refractivity contribution is 1.02. The van der Waals surface area contributed by atoms with Crippen molar-refractivity contribution < 1.29 is 0 Å². The SMILES string of the molecule is CC/C(=C/c1nccs1)CN. The topological polar surface area (TPSA) is 38.9 Å². The molecule has 0 saturated heterocycles. The molecule has 60 valence electrons. The summed E-state index contributed by atoms with van der Waals surface area (Å²) < 4.78 is 0. The molecule has 0 aliphatic heterocycles. The van der Waals surface area contributed by atoms with Crippen molar-refractivity contribution in [2.45, 2.75) is 13.3 Å². The van der Waals surface area contributed by atoms with Crippen LogP contribution in [0, 0.1) is 0 Å². The monoisotopic (exact) mass is 168 g/mol. The van der Waals surface area contributed by atoms with E-state index in [1.807, 2.05) is 5.38 Å². The number of rotatable bonds is 3. The number of nitrogens with zero attached hydrogens (tertiary/aromatic N) is 1. The highest BCUT2D eigenvalue weighted by Gasteiger charge is 1.93. The minimum atomic E-state index is 0.635. The number of hydrogen-bond donors (Lipinski definition) is 1. The maximum atomic E-state index is 5.51. The third-order valence-corrected chi connectivity index (χ3v) is 2.22. The van der Waals surface area contributed by atoms with Crippen molar-refractivity contribution in [2.75, 3.05) is 6.54 Å². The van der Waals surface area contributed by atoms with E-state index in [1.165, 1.54) is 5.57 Å². The van der Waals surface area contributed by atoms with Crippen LogP contribution in [0.25, 0.3) is 6.08 Å². The van der Waals surface area contributed by atoms with E-state index in [0.29, 0.717) is 6.54 Å². The summed E-state index contributed by atoms with van der Waals surface area (Å²) in [4.78, 5) is 4.14. The van der Waals surface area contributed by atoms with Gasteiger partial charge in [0.2, 0.25) is 0 Å². The molecule has 11 heavy (non-hydrogen) atoms. The Bertz CT molecular complexity index is 220. The first-order valence-corrected chi connectivity index (χ1v) is 4.53. The Kier molecular flexibility index (Phi) is 3.26. The first kappa shape index (κ1) is 8.43. The number of thiazole rings is 1. The first-order chi connectivity index (χ1) is 5.36. The molecule has 3 heteroatoms. The molecule has 0 amide bonds. The second-order valence-corrected chi connectivity index (χ2v) is 3.16. The summed E-state index contributed by atoms with van der Waals surface area (Å²) in [7, 11) is 0. The van der Waals surface area contributed by atoms with Gasteiger partial charge in [-0.2, -0.15) is 0 Å². The van der Waals surface area contributed by atoms with E-state index in [-0.39, 0.29) is 0 Å². The van der Waals surface area contributed by atoms with Gasteiger partial charge >= 0.3 is 0 Å². The zero-order valence-electron chi connectivity index (χ0n) is 6.58. The van der Waals surface area contributed by atoms with Crippen LogP contribution < -0.4 is 5.73 Å². The van der Waals surface area contributed by atoms with Crippen LogP contribution in [0.15, 0.2) is 17.2 Å². The van der Waals surface area contributed by atoms with E-state index in [0.717, 1.165) is 11.4 Å². The summed E-state index contributed by atoms with van der Waals surface area (Å²) in [5, 5.41) is 3.02. The molecule has 0 saturated carbocycles. The van der Waals surface area contributed by atoms with Crippen molar-refractivity contribution >= 4 is 17.4 Å². The lowest BCUT2D eigenvalue weighted by Gasteiger charge is -1.96. The molecular formula is C8H12N2S. The smallest absolute Gasteiger partial charge is 0.115 e. The van der Waals surface area contributed by atoms with Gasteiger partial charge in [0.25, 0.3) is 0 Å². The van der Waals surface area contributed by atoms with Gasteiger partial charge in [0, 0.05) is 18.1 Å². The van der Waals surface area contributed by atoms with Crippen molar-refractivity contribution in [1.29, 1.82) is 0 Å². The summed E-state index contributed by atoms with van der Waals surface area (Å²) in [6.07, 6.45) is 4.88. The predicted molar refractivity (Wildman–Crippen MR) is 49.4 cm³/mol. The van der Waals surface area contributed by atoms with E-state index >= 15 is 0 Å². The predicted octanol–water partition coefficient (Wildman–Crippen LogP) is 1.90. The van der Waals surface area contributed by atoms with Crippen LogP contribution in [0.3, 0.4) is 0 Å². The Morgan fingerprint density at radius 1 is 1.82 bits per heavy atom. The van der Waals surface area contributed by atoms with Gasteiger partial charge in [-0.1, -0.05) is 12.5 Å². The fraction of sp³-hybridized carbons (Fsp3) is 0.375. The number of hydrogen-bond acceptors (Lipinski definition) is 3. The largest absolute Gasteiger partial charge is 0.327 e. The minimum absolute atomic E-state index is 0.635. The second-order valence-electron chi connectivity index (χ2n) is 2.23. The molecular weight excluding hydrogens is 156 g/mol. The summed E-state index contributed by atoms with van der Waals surface area (Å²) in [5.74, 6) is 0. The van der Waals surface area contributed by atoms with Crippen LogP contribution in [0.1, 0.15) is 18.4 Å². The summed E-state index contributed by atoms with van der Waals surface area (Å²) in [6, 6.07) is 0. The Morgan fingerprint density at radius 2 is 2.64 bits per heavy atom. The average Bonchev–Trinajstić information content (AvgIpc) is 2.52. The average molecular weight is 168 g/mol. The van der Waals surface area contributed by atoms with Crippen LogP contribution in [0.4, 0.5) is 0 Å². The maximum absolute atomic E-state index is 5.51. The normalized spacial score (nSPS) is 12.0. The first-order valence-electron chi connectivity index (χ1n) is 3.65. The van der Waals surface area contributed by atoms with Crippen molar-refractivity contribution in [2.24, 2.45) is 5.73 Å². The molecule has 0 aliphatic rings. The molecule has 0 bridgehead atoms. The Labute approximate surface area is 70.8 Å². The fourth-order valence-electron chi connectivity index (χ4n) is 0.786. The Balaban J connectivity index is 2.71. The van der Waals surface area contributed by atoms with E-state index < -0.39 is 0 Å². The molecule has 0 spiro atoms. The van der Waals surface area contributed by atoms with Crippen molar-refractivity contribution in [3.8, 4) is 0 Å². The molecule has 0 radical (unpaired) electrons. The van der Waals surface area contributed by atoms with Gasteiger partial charge in [-0.15, -0.1) is 11.3 Å². The van der Waals surface area contributed by atoms with Gasteiger partial charge in [-0.25, -0.2) is 4.98 Å². The standard InChI is InChI=1S/C8H12N2S/c1-2-7(6-9)5-8-10-3-4-11-8/h3-5H,2,6,9H2,1H3/b7-5-.